The number of fused-ring (bicyclic) bond motifs is 1. The molecule has 0 saturated carbocycles. The van der Waals surface area contributed by atoms with Gasteiger partial charge in [-0.2, -0.15) is 0 Å². The largest absolute Gasteiger partial charge is 0.591 e. The van der Waals surface area contributed by atoms with Crippen LogP contribution in [0.3, 0.4) is 0 Å². The zero-order chi connectivity index (χ0) is 17.2. The molecule has 1 unspecified atom stereocenters. The van der Waals surface area contributed by atoms with Crippen LogP contribution in [-0.4, -0.2) is 28.1 Å². The van der Waals surface area contributed by atoms with E-state index in [4.69, 9.17) is 9.15 Å². The summed E-state index contributed by atoms with van der Waals surface area (Å²) in [5.74, 6) is 0.113. The number of carbonyl (C=O) groups excluding carboxylic acids is 1. The molecule has 1 aromatic carbocycles. The first-order valence-corrected chi connectivity index (χ1v) is 8.51. The average Bonchev–Trinajstić information content (AvgIpc) is 2.79. The Bertz CT molecular complexity index is 743. The maximum atomic E-state index is 12.1. The molecule has 1 atom stereocenters. The monoisotopic (exact) mass is 335 g/mol. The molecule has 0 saturated heterocycles. The fourth-order valence-electron chi connectivity index (χ4n) is 2.04. The number of furan rings is 1. The normalized spacial score (nSPS) is 13.7. The van der Waals surface area contributed by atoms with Gasteiger partial charge in [0.1, 0.15) is 33.0 Å². The van der Waals surface area contributed by atoms with Gasteiger partial charge in [-0.05, 0) is 58.4 Å². The molecule has 0 N–H and O–H groups in total. The molecule has 0 spiro atoms. The van der Waals surface area contributed by atoms with Crippen molar-refractivity contribution in [3.8, 4) is 0 Å². The standard InChI is InChI=1S/C17H21NO4S/c1-6-21-16(19)15-11(2)22-14-8-7-12(9-13(14)15)10-18-23(20)17(3,4)5/h7-10H,6H2,1-5H3/b18-10+. The third-order valence-electron chi connectivity index (χ3n) is 3.19. The third-order valence-corrected chi connectivity index (χ3v) is 4.53. The van der Waals surface area contributed by atoms with Gasteiger partial charge in [-0.25, -0.2) is 4.79 Å². The molecule has 2 rings (SSSR count). The smallest absolute Gasteiger partial charge is 0.342 e. The van der Waals surface area contributed by atoms with Gasteiger partial charge < -0.3 is 13.7 Å². The van der Waals surface area contributed by atoms with Gasteiger partial charge in [0, 0.05) is 5.39 Å². The van der Waals surface area contributed by atoms with Crippen molar-refractivity contribution in [3.63, 3.8) is 0 Å². The van der Waals surface area contributed by atoms with Crippen molar-refractivity contribution in [3.05, 3.63) is 35.1 Å². The van der Waals surface area contributed by atoms with E-state index in [0.717, 1.165) is 5.56 Å². The van der Waals surface area contributed by atoms with Crippen LogP contribution in [0, 0.1) is 6.92 Å². The van der Waals surface area contributed by atoms with Gasteiger partial charge in [0.2, 0.25) is 0 Å². The van der Waals surface area contributed by atoms with Crippen LogP contribution >= 0.6 is 0 Å². The van der Waals surface area contributed by atoms with E-state index in [1.54, 1.807) is 32.2 Å². The molecule has 1 aromatic heterocycles. The maximum Gasteiger partial charge on any atom is 0.342 e. The second kappa shape index (κ2) is 6.76. The summed E-state index contributed by atoms with van der Waals surface area (Å²) in [5.41, 5.74) is 1.79. The molecular weight excluding hydrogens is 314 g/mol. The topological polar surface area (TPSA) is 74.9 Å². The summed E-state index contributed by atoms with van der Waals surface area (Å²) in [6.07, 6.45) is 1.55. The van der Waals surface area contributed by atoms with E-state index in [2.05, 4.69) is 4.40 Å². The van der Waals surface area contributed by atoms with Crippen molar-refractivity contribution < 1.29 is 18.5 Å². The van der Waals surface area contributed by atoms with Gasteiger partial charge in [0.25, 0.3) is 0 Å². The summed E-state index contributed by atoms with van der Waals surface area (Å²) in [7, 11) is 0. The Kier molecular flexibility index (Phi) is 5.16. The van der Waals surface area contributed by atoms with Gasteiger partial charge in [-0.3, -0.25) is 0 Å². The minimum Gasteiger partial charge on any atom is -0.591 e. The number of rotatable bonds is 4. The van der Waals surface area contributed by atoms with Crippen LogP contribution in [0.25, 0.3) is 11.0 Å². The Hall–Kier alpha value is -1.79. The SMILES string of the molecule is CCOC(=O)c1c(C)oc2ccc(/C=N/[S+]([O-])C(C)(C)C)cc12. The van der Waals surface area contributed by atoms with Crippen molar-refractivity contribution in [2.24, 2.45) is 4.40 Å². The summed E-state index contributed by atoms with van der Waals surface area (Å²) in [5, 5.41) is 0.673. The number of esters is 1. The molecule has 0 fully saturated rings. The van der Waals surface area contributed by atoms with E-state index in [-0.39, 0.29) is 0 Å². The highest BCUT2D eigenvalue weighted by Gasteiger charge is 2.26. The fourth-order valence-corrected chi connectivity index (χ4v) is 2.58. The fraction of sp³-hybridized carbons (Fsp3) is 0.412. The summed E-state index contributed by atoms with van der Waals surface area (Å²) in [6.45, 7) is 9.38. The number of aryl methyl sites for hydroxylation is 1. The lowest BCUT2D eigenvalue weighted by atomic mass is 10.1. The van der Waals surface area contributed by atoms with Crippen LogP contribution in [-0.2, 0) is 16.1 Å². The molecule has 0 aliphatic heterocycles. The Morgan fingerprint density at radius 2 is 2.13 bits per heavy atom. The third kappa shape index (κ3) is 3.95. The Morgan fingerprint density at radius 1 is 1.43 bits per heavy atom. The molecule has 0 radical (unpaired) electrons. The second-order valence-corrected chi connectivity index (χ2v) is 8.04. The Labute approximate surface area is 139 Å². The summed E-state index contributed by atoms with van der Waals surface area (Å²) in [6, 6.07) is 5.37. The minimum absolute atomic E-state index is 0.302. The molecule has 6 heteroatoms. The second-order valence-electron chi connectivity index (χ2n) is 6.11. The number of ether oxygens (including phenoxy) is 1. The summed E-state index contributed by atoms with van der Waals surface area (Å²) >= 11 is -1.33. The first-order valence-electron chi connectivity index (χ1n) is 7.40. The number of benzene rings is 1. The predicted octanol–water partition coefficient (Wildman–Crippen LogP) is 3.80. The highest BCUT2D eigenvalue weighted by molar-refractivity contribution is 7.91. The molecular formula is C17H21NO4S. The van der Waals surface area contributed by atoms with Crippen LogP contribution in [0.5, 0.6) is 0 Å². The number of nitrogens with zero attached hydrogens (tertiary/aromatic N) is 1. The van der Waals surface area contributed by atoms with E-state index in [0.29, 0.717) is 28.9 Å². The van der Waals surface area contributed by atoms with Crippen LogP contribution in [0.4, 0.5) is 0 Å². The quantitative estimate of drug-likeness (QED) is 0.484. The maximum absolute atomic E-state index is 12.1. The zero-order valence-electron chi connectivity index (χ0n) is 14.0. The summed E-state index contributed by atoms with van der Waals surface area (Å²) < 4.78 is 26.3. The number of hydrogen-bond acceptors (Lipinski definition) is 5. The zero-order valence-corrected chi connectivity index (χ0v) is 14.8. The lowest BCUT2D eigenvalue weighted by Crippen LogP contribution is -2.25. The number of carbonyl (C=O) groups is 1. The van der Waals surface area contributed by atoms with Crippen molar-refractivity contribution in [2.45, 2.75) is 39.4 Å². The lowest BCUT2D eigenvalue weighted by molar-refractivity contribution is 0.0526. The molecule has 124 valence electrons. The van der Waals surface area contributed by atoms with Crippen molar-refractivity contribution in [1.82, 2.24) is 0 Å². The molecule has 0 aliphatic carbocycles. The highest BCUT2D eigenvalue weighted by atomic mass is 32.2. The van der Waals surface area contributed by atoms with Crippen molar-refractivity contribution >= 4 is 34.5 Å². The molecule has 0 aliphatic rings. The minimum atomic E-state index is -1.33. The van der Waals surface area contributed by atoms with E-state index < -0.39 is 22.1 Å². The molecule has 0 amide bonds. The van der Waals surface area contributed by atoms with E-state index >= 15 is 0 Å². The first-order chi connectivity index (χ1) is 10.7. The van der Waals surface area contributed by atoms with Crippen molar-refractivity contribution in [1.29, 1.82) is 0 Å². The van der Waals surface area contributed by atoms with Gasteiger partial charge in [-0.15, -0.1) is 0 Å². The van der Waals surface area contributed by atoms with Crippen LogP contribution in [0.2, 0.25) is 0 Å². The molecule has 2 aromatic rings. The van der Waals surface area contributed by atoms with Crippen LogP contribution in [0.1, 0.15) is 49.4 Å². The van der Waals surface area contributed by atoms with E-state index in [1.165, 1.54) is 0 Å². The lowest BCUT2D eigenvalue weighted by Gasteiger charge is -2.17. The van der Waals surface area contributed by atoms with Gasteiger partial charge in [-0.1, -0.05) is 4.40 Å². The van der Waals surface area contributed by atoms with Crippen LogP contribution in [0.15, 0.2) is 27.0 Å². The predicted molar refractivity (Wildman–Crippen MR) is 92.4 cm³/mol. The molecule has 5 nitrogen and oxygen atoms in total. The molecule has 23 heavy (non-hydrogen) atoms. The summed E-state index contributed by atoms with van der Waals surface area (Å²) in [4.78, 5) is 12.1. The highest BCUT2D eigenvalue weighted by Crippen LogP contribution is 2.27. The Balaban J connectivity index is 2.40. The van der Waals surface area contributed by atoms with Gasteiger partial charge in [0.15, 0.2) is 0 Å². The van der Waals surface area contributed by atoms with Crippen molar-refractivity contribution in [2.75, 3.05) is 6.61 Å². The average molecular weight is 335 g/mol. The van der Waals surface area contributed by atoms with E-state index in [9.17, 15) is 9.35 Å². The molecule has 0 bridgehead atoms. The molecule has 1 heterocycles. The van der Waals surface area contributed by atoms with Crippen LogP contribution < -0.4 is 0 Å². The Morgan fingerprint density at radius 3 is 2.74 bits per heavy atom. The van der Waals surface area contributed by atoms with Gasteiger partial charge in [0.05, 0.1) is 12.8 Å². The number of hydrogen-bond donors (Lipinski definition) is 0. The van der Waals surface area contributed by atoms with Gasteiger partial charge >= 0.3 is 5.97 Å². The first kappa shape index (κ1) is 17.6. The van der Waals surface area contributed by atoms with E-state index in [1.807, 2.05) is 26.8 Å².